The summed E-state index contributed by atoms with van der Waals surface area (Å²) in [7, 11) is 0. The van der Waals surface area contributed by atoms with E-state index in [1.165, 1.54) is 6.42 Å². The smallest absolute Gasteiger partial charge is 0.326 e. The lowest BCUT2D eigenvalue weighted by Crippen LogP contribution is -2.40. The normalized spacial score (nSPS) is 22.3. The molecule has 0 spiro atoms. The van der Waals surface area contributed by atoms with Gasteiger partial charge in [-0.1, -0.05) is 13.8 Å². The van der Waals surface area contributed by atoms with Gasteiger partial charge in [-0.3, -0.25) is 4.79 Å². The molecule has 2 rings (SSSR count). The Labute approximate surface area is 118 Å². The Kier molecular flexibility index (Phi) is 4.47. The van der Waals surface area contributed by atoms with E-state index in [-0.39, 0.29) is 12.3 Å². The molecule has 5 nitrogen and oxygen atoms in total. The summed E-state index contributed by atoms with van der Waals surface area (Å²) in [5.74, 6) is 1.77. The molecule has 1 saturated carbocycles. The molecule has 0 saturated heterocycles. The molecular weight excluding hydrogens is 258 g/mol. The fourth-order valence-electron chi connectivity index (χ4n) is 2.29. The van der Waals surface area contributed by atoms with Crippen LogP contribution in [0.15, 0.2) is 16.5 Å². The fraction of sp³-hybridized carbons (Fsp3) is 0.600. The second-order valence-corrected chi connectivity index (χ2v) is 5.49. The molecule has 0 aromatic carbocycles. The average Bonchev–Trinajstić information content (AvgIpc) is 2.96. The lowest BCUT2D eigenvalue weighted by Gasteiger charge is -2.11. The van der Waals surface area contributed by atoms with Gasteiger partial charge in [0.25, 0.3) is 0 Å². The van der Waals surface area contributed by atoms with E-state index in [0.717, 1.165) is 11.5 Å². The third kappa shape index (κ3) is 3.62. The minimum Gasteiger partial charge on any atom is -0.480 e. The highest BCUT2D eigenvalue weighted by Gasteiger charge is 2.36. The second-order valence-electron chi connectivity index (χ2n) is 5.49. The van der Waals surface area contributed by atoms with Gasteiger partial charge in [-0.15, -0.1) is 0 Å². The number of carbonyl (C=O) groups excluding carboxylic acids is 1. The van der Waals surface area contributed by atoms with Crippen molar-refractivity contribution in [3.05, 3.63) is 23.7 Å². The van der Waals surface area contributed by atoms with E-state index in [2.05, 4.69) is 12.2 Å². The largest absolute Gasteiger partial charge is 0.480 e. The maximum absolute atomic E-state index is 11.7. The highest BCUT2D eigenvalue weighted by atomic mass is 16.4. The van der Waals surface area contributed by atoms with Gasteiger partial charge in [0.05, 0.1) is 0 Å². The molecule has 0 radical (unpaired) electrons. The van der Waals surface area contributed by atoms with Crippen molar-refractivity contribution in [1.82, 2.24) is 5.32 Å². The van der Waals surface area contributed by atoms with Gasteiger partial charge in [-0.2, -0.15) is 0 Å². The first-order valence-corrected chi connectivity index (χ1v) is 7.12. The number of carboxylic acids is 1. The van der Waals surface area contributed by atoms with Gasteiger partial charge in [0.15, 0.2) is 0 Å². The van der Waals surface area contributed by atoms with E-state index in [1.807, 2.05) is 12.1 Å². The number of amides is 1. The Morgan fingerprint density at radius 2 is 2.20 bits per heavy atom. The maximum atomic E-state index is 11.7. The van der Waals surface area contributed by atoms with Crippen LogP contribution >= 0.6 is 0 Å². The molecule has 1 heterocycles. The summed E-state index contributed by atoms with van der Waals surface area (Å²) in [5.41, 5.74) is 0. The molecule has 0 bridgehead atoms. The van der Waals surface area contributed by atoms with Crippen LogP contribution < -0.4 is 5.32 Å². The number of carbonyl (C=O) groups is 2. The minimum atomic E-state index is -0.996. The molecule has 0 aliphatic heterocycles. The SMILES string of the molecule is CC[C@H](NC(=O)CCc1ccc(C2CC2C)o1)C(=O)O. The van der Waals surface area contributed by atoms with Crippen molar-refractivity contribution in [3.8, 4) is 0 Å². The van der Waals surface area contributed by atoms with Gasteiger partial charge < -0.3 is 14.8 Å². The summed E-state index contributed by atoms with van der Waals surface area (Å²) in [4.78, 5) is 22.5. The Hall–Kier alpha value is -1.78. The molecule has 5 heteroatoms. The van der Waals surface area contributed by atoms with Crippen molar-refractivity contribution in [1.29, 1.82) is 0 Å². The van der Waals surface area contributed by atoms with Gasteiger partial charge in [-0.25, -0.2) is 4.79 Å². The first kappa shape index (κ1) is 14.6. The number of hydrogen-bond donors (Lipinski definition) is 2. The monoisotopic (exact) mass is 279 g/mol. The average molecular weight is 279 g/mol. The number of hydrogen-bond acceptors (Lipinski definition) is 3. The van der Waals surface area contributed by atoms with E-state index >= 15 is 0 Å². The van der Waals surface area contributed by atoms with E-state index in [9.17, 15) is 9.59 Å². The van der Waals surface area contributed by atoms with Crippen molar-refractivity contribution >= 4 is 11.9 Å². The van der Waals surface area contributed by atoms with Crippen LogP contribution in [0.3, 0.4) is 0 Å². The molecular formula is C15H21NO4. The van der Waals surface area contributed by atoms with Crippen LogP contribution in [0.4, 0.5) is 0 Å². The van der Waals surface area contributed by atoms with Crippen LogP contribution in [0.5, 0.6) is 0 Å². The van der Waals surface area contributed by atoms with Gasteiger partial charge in [-0.05, 0) is 30.9 Å². The third-order valence-electron chi connectivity index (χ3n) is 3.80. The van der Waals surface area contributed by atoms with E-state index in [1.54, 1.807) is 6.92 Å². The maximum Gasteiger partial charge on any atom is 0.326 e. The van der Waals surface area contributed by atoms with Gasteiger partial charge in [0.2, 0.25) is 5.91 Å². The van der Waals surface area contributed by atoms with Crippen molar-refractivity contribution in [2.24, 2.45) is 5.92 Å². The summed E-state index contributed by atoms with van der Waals surface area (Å²) in [6.45, 7) is 3.92. The second kappa shape index (κ2) is 6.11. The van der Waals surface area contributed by atoms with Crippen LogP contribution in [0, 0.1) is 5.92 Å². The zero-order valence-electron chi connectivity index (χ0n) is 11.9. The number of nitrogens with one attached hydrogen (secondary N) is 1. The lowest BCUT2D eigenvalue weighted by atomic mass is 10.2. The molecule has 1 aliphatic rings. The molecule has 1 aromatic rings. The Balaban J connectivity index is 1.78. The summed E-state index contributed by atoms with van der Waals surface area (Å²) >= 11 is 0. The summed E-state index contributed by atoms with van der Waals surface area (Å²) in [6, 6.07) is 3.08. The van der Waals surface area contributed by atoms with Gasteiger partial charge >= 0.3 is 5.97 Å². The molecule has 1 amide bonds. The molecule has 1 aromatic heterocycles. The predicted molar refractivity (Wildman–Crippen MR) is 73.4 cm³/mol. The zero-order valence-corrected chi connectivity index (χ0v) is 11.9. The molecule has 2 N–H and O–H groups in total. The molecule has 110 valence electrons. The number of aryl methyl sites for hydroxylation is 1. The lowest BCUT2D eigenvalue weighted by molar-refractivity contribution is -0.141. The molecule has 2 unspecified atom stereocenters. The highest BCUT2D eigenvalue weighted by molar-refractivity contribution is 5.83. The third-order valence-corrected chi connectivity index (χ3v) is 3.80. The predicted octanol–water partition coefficient (Wildman–Crippen LogP) is 2.31. The zero-order chi connectivity index (χ0) is 14.7. The minimum absolute atomic E-state index is 0.247. The Bertz CT molecular complexity index is 494. The number of aliphatic carboxylic acids is 1. The van der Waals surface area contributed by atoms with Crippen molar-refractivity contribution in [2.75, 3.05) is 0 Å². The molecule has 20 heavy (non-hydrogen) atoms. The van der Waals surface area contributed by atoms with Crippen molar-refractivity contribution < 1.29 is 19.1 Å². The molecule has 3 atom stereocenters. The first-order valence-electron chi connectivity index (χ1n) is 7.12. The van der Waals surface area contributed by atoms with E-state index in [0.29, 0.717) is 24.7 Å². The standard InChI is InChI=1S/C15H21NO4/c1-3-12(15(18)19)16-14(17)7-5-10-4-6-13(20-10)11-8-9(11)2/h4,6,9,11-12H,3,5,7-8H2,1-2H3,(H,16,17)(H,18,19)/t9?,11?,12-/m0/s1. The number of furan rings is 1. The topological polar surface area (TPSA) is 79.5 Å². The molecule has 1 fully saturated rings. The highest BCUT2D eigenvalue weighted by Crippen LogP contribution is 2.47. The summed E-state index contributed by atoms with van der Waals surface area (Å²) in [6.07, 6.45) is 2.30. The van der Waals surface area contributed by atoms with Crippen LogP contribution in [-0.2, 0) is 16.0 Å². The van der Waals surface area contributed by atoms with Crippen LogP contribution in [-0.4, -0.2) is 23.0 Å². The van der Waals surface area contributed by atoms with Gasteiger partial charge in [0.1, 0.15) is 17.6 Å². The fourth-order valence-corrected chi connectivity index (χ4v) is 2.29. The van der Waals surface area contributed by atoms with Gasteiger partial charge in [0, 0.05) is 18.8 Å². The quantitative estimate of drug-likeness (QED) is 0.802. The molecule has 1 aliphatic carbocycles. The summed E-state index contributed by atoms with van der Waals surface area (Å²) < 4.78 is 5.71. The Morgan fingerprint density at radius 3 is 2.75 bits per heavy atom. The van der Waals surface area contributed by atoms with E-state index in [4.69, 9.17) is 9.52 Å². The Morgan fingerprint density at radius 1 is 1.50 bits per heavy atom. The van der Waals surface area contributed by atoms with Crippen LogP contribution in [0.1, 0.15) is 50.5 Å². The van der Waals surface area contributed by atoms with Crippen LogP contribution in [0.2, 0.25) is 0 Å². The summed E-state index contributed by atoms with van der Waals surface area (Å²) in [5, 5.41) is 11.4. The first-order chi connectivity index (χ1) is 9.51. The van der Waals surface area contributed by atoms with Crippen molar-refractivity contribution in [2.45, 2.75) is 51.5 Å². The van der Waals surface area contributed by atoms with E-state index < -0.39 is 12.0 Å². The number of rotatable bonds is 7. The number of carboxylic acid groups (broad SMARTS) is 1. The van der Waals surface area contributed by atoms with Crippen molar-refractivity contribution in [3.63, 3.8) is 0 Å². The van der Waals surface area contributed by atoms with Crippen LogP contribution in [0.25, 0.3) is 0 Å².